The van der Waals surface area contributed by atoms with Crippen molar-refractivity contribution in [2.75, 3.05) is 18.9 Å². The second kappa shape index (κ2) is 9.56. The first-order valence-electron chi connectivity index (χ1n) is 11.3. The number of hydrogen-bond acceptors (Lipinski definition) is 6. The highest BCUT2D eigenvalue weighted by Crippen LogP contribution is 2.37. The third kappa shape index (κ3) is 4.58. The molecule has 0 bridgehead atoms. The van der Waals surface area contributed by atoms with Crippen LogP contribution in [0.25, 0.3) is 15.9 Å². The second-order valence-corrected chi connectivity index (χ2v) is 10.8. The number of nitrogens with one attached hydrogen (secondary N) is 1. The van der Waals surface area contributed by atoms with Gasteiger partial charge in [-0.3, -0.25) is 14.2 Å². The number of thiophene rings is 1. The zero-order chi connectivity index (χ0) is 22.9. The highest BCUT2D eigenvalue weighted by Gasteiger charge is 2.26. The van der Waals surface area contributed by atoms with Crippen molar-refractivity contribution in [1.29, 1.82) is 0 Å². The van der Waals surface area contributed by atoms with E-state index in [4.69, 9.17) is 9.72 Å². The van der Waals surface area contributed by atoms with Gasteiger partial charge in [-0.05, 0) is 55.7 Å². The summed E-state index contributed by atoms with van der Waals surface area (Å²) in [4.78, 5) is 32.8. The zero-order valence-electron chi connectivity index (χ0n) is 18.4. The standard InChI is InChI=1S/C24H26FN3O3S2/c1-14-8-9-16-19(11-14)33-22-21(16)23(30)28(18-7-3-2-6-17(18)25)24(27-22)32-13-20(29)26-12-15-5-4-10-31-15/h2-3,6-7,14-15H,4-5,8-13H2,1H3,(H,26,29). The number of hydrogen-bond donors (Lipinski definition) is 1. The predicted octanol–water partition coefficient (Wildman–Crippen LogP) is 4.10. The molecule has 0 saturated carbocycles. The molecule has 1 fully saturated rings. The van der Waals surface area contributed by atoms with Crippen molar-refractivity contribution in [1.82, 2.24) is 14.9 Å². The number of halogens is 1. The monoisotopic (exact) mass is 487 g/mol. The van der Waals surface area contributed by atoms with Crippen LogP contribution >= 0.6 is 23.1 Å². The largest absolute Gasteiger partial charge is 0.376 e. The molecule has 9 heteroatoms. The molecule has 6 nitrogen and oxygen atoms in total. The summed E-state index contributed by atoms with van der Waals surface area (Å²) in [6.07, 6.45) is 4.81. The fraction of sp³-hybridized carbons (Fsp3) is 0.458. The molecule has 2 aliphatic rings. The van der Waals surface area contributed by atoms with Crippen LogP contribution in [0.15, 0.2) is 34.2 Å². The predicted molar refractivity (Wildman–Crippen MR) is 129 cm³/mol. The van der Waals surface area contributed by atoms with Crippen molar-refractivity contribution in [3.8, 4) is 5.69 Å². The van der Waals surface area contributed by atoms with E-state index in [-0.39, 0.29) is 29.0 Å². The number of carbonyl (C=O) groups excluding carboxylic acids is 1. The molecule has 2 atom stereocenters. The Labute approximate surface area is 199 Å². The molecule has 2 unspecified atom stereocenters. The highest BCUT2D eigenvalue weighted by molar-refractivity contribution is 7.99. The highest BCUT2D eigenvalue weighted by atomic mass is 32.2. The number of amides is 1. The van der Waals surface area contributed by atoms with Crippen molar-refractivity contribution in [3.63, 3.8) is 0 Å². The van der Waals surface area contributed by atoms with Gasteiger partial charge in [0.15, 0.2) is 5.16 Å². The summed E-state index contributed by atoms with van der Waals surface area (Å²) >= 11 is 2.71. The number of carbonyl (C=O) groups is 1. The van der Waals surface area contributed by atoms with Crippen molar-refractivity contribution in [2.45, 2.75) is 50.3 Å². The van der Waals surface area contributed by atoms with Crippen LogP contribution in [0.2, 0.25) is 0 Å². The van der Waals surface area contributed by atoms with E-state index < -0.39 is 5.82 Å². The van der Waals surface area contributed by atoms with E-state index in [1.165, 1.54) is 15.5 Å². The van der Waals surface area contributed by atoms with Crippen LogP contribution in [0.5, 0.6) is 0 Å². The summed E-state index contributed by atoms with van der Waals surface area (Å²) in [6, 6.07) is 6.20. The van der Waals surface area contributed by atoms with Crippen molar-refractivity contribution >= 4 is 39.2 Å². The van der Waals surface area contributed by atoms with Crippen molar-refractivity contribution < 1.29 is 13.9 Å². The molecule has 0 spiro atoms. The van der Waals surface area contributed by atoms with E-state index in [0.717, 1.165) is 56.0 Å². The molecule has 0 radical (unpaired) electrons. The first-order chi connectivity index (χ1) is 16.0. The van der Waals surface area contributed by atoms with Crippen LogP contribution in [0.1, 0.15) is 36.6 Å². The van der Waals surface area contributed by atoms with Crippen LogP contribution in [-0.4, -0.2) is 40.5 Å². The summed E-state index contributed by atoms with van der Waals surface area (Å²) in [7, 11) is 0. The second-order valence-electron chi connectivity index (χ2n) is 8.75. The van der Waals surface area contributed by atoms with E-state index in [2.05, 4.69) is 12.2 Å². The number of thioether (sulfide) groups is 1. The molecule has 1 aliphatic carbocycles. The lowest BCUT2D eigenvalue weighted by atomic mass is 9.89. The Morgan fingerprint density at radius 3 is 3.00 bits per heavy atom. The SMILES string of the molecule is CC1CCc2c(sc3nc(SCC(=O)NCC4CCCO4)n(-c4ccccc4F)c(=O)c23)C1. The normalized spacial score (nSPS) is 20.2. The van der Waals surface area contributed by atoms with Crippen LogP contribution < -0.4 is 10.9 Å². The van der Waals surface area contributed by atoms with Crippen molar-refractivity contribution in [3.05, 3.63) is 50.9 Å². The molecule has 5 rings (SSSR count). The minimum atomic E-state index is -0.497. The average Bonchev–Trinajstić information content (AvgIpc) is 3.44. The molecule has 33 heavy (non-hydrogen) atoms. The molecule has 3 heterocycles. The molecule has 1 aromatic carbocycles. The first-order valence-corrected chi connectivity index (χ1v) is 13.1. The topological polar surface area (TPSA) is 73.2 Å². The quantitative estimate of drug-likeness (QED) is 0.419. The minimum Gasteiger partial charge on any atom is -0.376 e. The maximum Gasteiger partial charge on any atom is 0.267 e. The number of para-hydroxylation sites is 1. The third-order valence-corrected chi connectivity index (χ3v) is 8.36. The molecule has 1 aliphatic heterocycles. The third-order valence-electron chi connectivity index (χ3n) is 6.28. The summed E-state index contributed by atoms with van der Waals surface area (Å²) in [5, 5.41) is 3.82. The van der Waals surface area contributed by atoms with Crippen molar-refractivity contribution in [2.24, 2.45) is 5.92 Å². The first kappa shape index (κ1) is 22.6. The van der Waals surface area contributed by atoms with Crippen LogP contribution in [0, 0.1) is 11.7 Å². The number of aromatic nitrogens is 2. The number of rotatable bonds is 6. The van der Waals surface area contributed by atoms with E-state index in [1.807, 2.05) is 0 Å². The van der Waals surface area contributed by atoms with Crippen LogP contribution in [0.3, 0.4) is 0 Å². The Morgan fingerprint density at radius 2 is 2.21 bits per heavy atom. The van der Waals surface area contributed by atoms with E-state index >= 15 is 0 Å². The van der Waals surface area contributed by atoms with Crippen LogP contribution in [-0.2, 0) is 22.4 Å². The Kier molecular flexibility index (Phi) is 6.53. The van der Waals surface area contributed by atoms with Gasteiger partial charge in [-0.15, -0.1) is 11.3 Å². The number of aryl methyl sites for hydroxylation is 1. The lowest BCUT2D eigenvalue weighted by Gasteiger charge is -2.18. The molecular weight excluding hydrogens is 461 g/mol. The van der Waals surface area contributed by atoms with Gasteiger partial charge in [-0.25, -0.2) is 9.37 Å². The molecule has 2 aromatic heterocycles. The lowest BCUT2D eigenvalue weighted by Crippen LogP contribution is -2.33. The summed E-state index contributed by atoms with van der Waals surface area (Å²) in [5.74, 6) is -0.00513. The molecular formula is C24H26FN3O3S2. The molecule has 174 valence electrons. The summed E-state index contributed by atoms with van der Waals surface area (Å²) < 4.78 is 21.6. The van der Waals surface area contributed by atoms with E-state index in [9.17, 15) is 14.0 Å². The zero-order valence-corrected chi connectivity index (χ0v) is 20.1. The minimum absolute atomic E-state index is 0.0600. The van der Waals surface area contributed by atoms with Gasteiger partial charge in [0.2, 0.25) is 5.91 Å². The Balaban J connectivity index is 1.49. The molecule has 1 amide bonds. The Hall–Kier alpha value is -2.23. The molecule has 1 saturated heterocycles. The Morgan fingerprint density at radius 1 is 1.36 bits per heavy atom. The van der Waals surface area contributed by atoms with Gasteiger partial charge >= 0.3 is 0 Å². The summed E-state index contributed by atoms with van der Waals surface area (Å²) in [5.41, 5.74) is 0.948. The fourth-order valence-corrected chi connectivity index (χ4v) is 6.79. The smallest absolute Gasteiger partial charge is 0.267 e. The summed E-state index contributed by atoms with van der Waals surface area (Å²) in [6.45, 7) is 3.43. The van der Waals surface area contributed by atoms with Gasteiger partial charge in [0.1, 0.15) is 10.6 Å². The number of fused-ring (bicyclic) bond motifs is 3. The Bertz CT molecular complexity index is 1250. The van der Waals surface area contributed by atoms with Gasteiger partial charge in [0.05, 0.1) is 22.9 Å². The lowest BCUT2D eigenvalue weighted by molar-refractivity contribution is -0.119. The van der Waals surface area contributed by atoms with Crippen LogP contribution in [0.4, 0.5) is 4.39 Å². The molecule has 1 N–H and O–H groups in total. The van der Waals surface area contributed by atoms with Gasteiger partial charge in [0.25, 0.3) is 5.56 Å². The van der Waals surface area contributed by atoms with Gasteiger partial charge in [0, 0.05) is 18.0 Å². The number of ether oxygens (including phenoxy) is 1. The maximum absolute atomic E-state index is 14.8. The van der Waals surface area contributed by atoms with Gasteiger partial charge in [-0.2, -0.15) is 0 Å². The average molecular weight is 488 g/mol. The van der Waals surface area contributed by atoms with Gasteiger partial charge < -0.3 is 10.1 Å². The van der Waals surface area contributed by atoms with Gasteiger partial charge in [-0.1, -0.05) is 30.8 Å². The maximum atomic E-state index is 14.8. The van der Waals surface area contributed by atoms with E-state index in [1.54, 1.807) is 29.5 Å². The fourth-order valence-electron chi connectivity index (χ4n) is 4.53. The molecule has 3 aromatic rings. The number of benzene rings is 1. The van der Waals surface area contributed by atoms with E-state index in [0.29, 0.717) is 27.8 Å². The number of nitrogens with zero attached hydrogens (tertiary/aromatic N) is 2.